The van der Waals surface area contributed by atoms with Crippen LogP contribution in [0, 0.1) is 0 Å². The topological polar surface area (TPSA) is 41.6 Å². The van der Waals surface area contributed by atoms with Gasteiger partial charge in [-0.1, -0.05) is 54.6 Å². The van der Waals surface area contributed by atoms with Crippen LogP contribution in [0.15, 0.2) is 73.2 Å². The number of aromatic nitrogens is 3. The maximum atomic E-state index is 4.55. The van der Waals surface area contributed by atoms with Gasteiger partial charge in [0.2, 0.25) is 0 Å². The minimum atomic E-state index is 0.933. The molecule has 0 aliphatic rings. The zero-order valence-electron chi connectivity index (χ0n) is 13.3. The molecular weight excluding hydrogens is 306 g/mol. The van der Waals surface area contributed by atoms with E-state index >= 15 is 0 Å². The predicted octanol–water partition coefficient (Wildman–Crippen LogP) is 5.57. The molecule has 6 rings (SSSR count). The van der Waals surface area contributed by atoms with E-state index in [1.165, 1.54) is 32.3 Å². The van der Waals surface area contributed by atoms with E-state index in [1.54, 1.807) is 6.33 Å². The Hall–Kier alpha value is -3.46. The Morgan fingerprint density at radius 2 is 1.40 bits per heavy atom. The third kappa shape index (κ3) is 1.59. The van der Waals surface area contributed by atoms with Crippen LogP contribution in [0.25, 0.3) is 54.3 Å². The van der Waals surface area contributed by atoms with Gasteiger partial charge in [-0.05, 0) is 27.6 Å². The molecule has 0 radical (unpaired) electrons. The first-order valence-corrected chi connectivity index (χ1v) is 8.36. The highest BCUT2D eigenvalue weighted by Crippen LogP contribution is 2.39. The Morgan fingerprint density at radius 1 is 0.600 bits per heavy atom. The molecule has 0 saturated heterocycles. The maximum absolute atomic E-state index is 4.55. The number of fused-ring (bicyclic) bond motifs is 10. The van der Waals surface area contributed by atoms with Crippen molar-refractivity contribution in [2.45, 2.75) is 0 Å². The van der Waals surface area contributed by atoms with Crippen LogP contribution in [-0.4, -0.2) is 15.0 Å². The van der Waals surface area contributed by atoms with Crippen LogP contribution < -0.4 is 0 Å². The van der Waals surface area contributed by atoms with Crippen LogP contribution in [0.3, 0.4) is 0 Å². The second-order valence-electron chi connectivity index (χ2n) is 6.40. The van der Waals surface area contributed by atoms with E-state index in [2.05, 4.69) is 69.5 Å². The molecule has 0 amide bonds. The van der Waals surface area contributed by atoms with Gasteiger partial charge in [0.05, 0.1) is 5.52 Å². The van der Waals surface area contributed by atoms with E-state index in [0.717, 1.165) is 21.9 Å². The SMILES string of the molecule is c1ccc2c(c1)ccc1ccc3c4ncnc4c4[nH]cccc4c3c12. The number of hydrogen-bond donors (Lipinski definition) is 1. The van der Waals surface area contributed by atoms with E-state index in [9.17, 15) is 0 Å². The van der Waals surface area contributed by atoms with Gasteiger partial charge in [0.25, 0.3) is 0 Å². The predicted molar refractivity (Wildman–Crippen MR) is 104 cm³/mol. The highest BCUT2D eigenvalue weighted by atomic mass is 14.9. The standard InChI is InChI=1S/C22H13N3/c1-2-5-15-13(4-1)7-8-14-9-10-17-19(18(14)15)16-6-3-11-23-20(16)22-21(17)24-12-25-22/h1-12,23H. The fraction of sp³-hybridized carbons (Fsp3) is 0. The van der Waals surface area contributed by atoms with Gasteiger partial charge in [0.15, 0.2) is 0 Å². The van der Waals surface area contributed by atoms with Gasteiger partial charge in [0.1, 0.15) is 17.4 Å². The van der Waals surface area contributed by atoms with Crippen LogP contribution >= 0.6 is 0 Å². The maximum Gasteiger partial charge on any atom is 0.117 e. The summed E-state index contributed by atoms with van der Waals surface area (Å²) in [6.45, 7) is 0. The molecule has 0 aliphatic heterocycles. The molecule has 0 aliphatic carbocycles. The quantitative estimate of drug-likeness (QED) is 0.372. The molecule has 116 valence electrons. The highest BCUT2D eigenvalue weighted by Gasteiger charge is 2.14. The van der Waals surface area contributed by atoms with Gasteiger partial charge < -0.3 is 4.98 Å². The molecule has 25 heavy (non-hydrogen) atoms. The molecule has 0 saturated carbocycles. The first-order chi connectivity index (χ1) is 12.4. The van der Waals surface area contributed by atoms with E-state index in [0.29, 0.717) is 0 Å². The van der Waals surface area contributed by atoms with Gasteiger partial charge in [-0.2, -0.15) is 0 Å². The fourth-order valence-electron chi connectivity index (χ4n) is 4.06. The lowest BCUT2D eigenvalue weighted by Crippen LogP contribution is -1.87. The van der Waals surface area contributed by atoms with Crippen molar-refractivity contribution in [1.29, 1.82) is 0 Å². The molecule has 0 bridgehead atoms. The van der Waals surface area contributed by atoms with Crippen LogP contribution in [-0.2, 0) is 0 Å². The third-order valence-corrected chi connectivity index (χ3v) is 5.13. The highest BCUT2D eigenvalue weighted by molar-refractivity contribution is 6.33. The average molecular weight is 319 g/mol. The fourth-order valence-corrected chi connectivity index (χ4v) is 4.06. The Morgan fingerprint density at radius 3 is 2.40 bits per heavy atom. The summed E-state index contributed by atoms with van der Waals surface area (Å²) in [7, 11) is 0. The molecule has 1 N–H and O–H groups in total. The number of nitrogens with one attached hydrogen (secondary N) is 1. The summed E-state index contributed by atoms with van der Waals surface area (Å²) in [5, 5.41) is 8.64. The molecule has 0 unspecified atom stereocenters. The van der Waals surface area contributed by atoms with Gasteiger partial charge >= 0.3 is 0 Å². The molecule has 6 aromatic rings. The number of H-pyrrole nitrogens is 1. The first kappa shape index (κ1) is 12.9. The van der Waals surface area contributed by atoms with Crippen molar-refractivity contribution >= 4 is 54.3 Å². The second-order valence-corrected chi connectivity index (χ2v) is 6.40. The number of hydrogen-bond acceptors (Lipinski definition) is 2. The largest absolute Gasteiger partial charge is 0.359 e. The molecule has 0 spiro atoms. The zero-order valence-corrected chi connectivity index (χ0v) is 13.3. The van der Waals surface area contributed by atoms with Crippen molar-refractivity contribution in [3.8, 4) is 0 Å². The Balaban J connectivity index is 2.07. The smallest absolute Gasteiger partial charge is 0.117 e. The second kappa shape index (κ2) is 4.54. The Bertz CT molecular complexity index is 1440. The number of benzene rings is 4. The summed E-state index contributed by atoms with van der Waals surface area (Å²) >= 11 is 0. The minimum absolute atomic E-state index is 0.933. The Labute approximate surface area is 142 Å². The lowest BCUT2D eigenvalue weighted by Gasteiger charge is -2.11. The molecule has 0 fully saturated rings. The minimum Gasteiger partial charge on any atom is -0.359 e. The number of aromatic amines is 1. The van der Waals surface area contributed by atoms with Gasteiger partial charge in [-0.15, -0.1) is 0 Å². The molecular formula is C22H13N3. The third-order valence-electron chi connectivity index (χ3n) is 5.13. The van der Waals surface area contributed by atoms with Gasteiger partial charge in [-0.25, -0.2) is 9.97 Å². The molecule has 2 aromatic heterocycles. The lowest BCUT2D eigenvalue weighted by molar-refractivity contribution is 1.34. The van der Waals surface area contributed by atoms with E-state index in [4.69, 9.17) is 0 Å². The zero-order chi connectivity index (χ0) is 16.4. The van der Waals surface area contributed by atoms with Crippen LogP contribution in [0.5, 0.6) is 0 Å². The molecule has 4 aromatic carbocycles. The summed E-state index contributed by atoms with van der Waals surface area (Å²) in [4.78, 5) is 12.4. The van der Waals surface area contributed by atoms with E-state index < -0.39 is 0 Å². The summed E-state index contributed by atoms with van der Waals surface area (Å²) in [5.74, 6) is 0. The van der Waals surface area contributed by atoms with Crippen molar-refractivity contribution in [3.63, 3.8) is 0 Å². The van der Waals surface area contributed by atoms with Crippen LogP contribution in [0.1, 0.15) is 0 Å². The van der Waals surface area contributed by atoms with E-state index in [1.807, 2.05) is 12.3 Å². The summed E-state index contributed by atoms with van der Waals surface area (Å²) in [6.07, 6.45) is 3.60. The van der Waals surface area contributed by atoms with Gasteiger partial charge in [-0.3, -0.25) is 0 Å². The average Bonchev–Trinajstić information content (AvgIpc) is 3.17. The number of nitrogens with zero attached hydrogens (tertiary/aromatic N) is 2. The summed E-state index contributed by atoms with van der Waals surface area (Å²) in [5.41, 5.74) is 2.94. The Kier molecular flexibility index (Phi) is 2.35. The number of rotatable bonds is 0. The number of imidazole rings is 1. The molecule has 0 atom stereocenters. The molecule has 3 heteroatoms. The van der Waals surface area contributed by atoms with Crippen molar-refractivity contribution < 1.29 is 0 Å². The van der Waals surface area contributed by atoms with Gasteiger partial charge in [0, 0.05) is 22.4 Å². The lowest BCUT2D eigenvalue weighted by atomic mass is 9.93. The van der Waals surface area contributed by atoms with Crippen molar-refractivity contribution in [3.05, 3.63) is 73.2 Å². The van der Waals surface area contributed by atoms with Crippen molar-refractivity contribution in [2.75, 3.05) is 0 Å². The molecule has 3 nitrogen and oxygen atoms in total. The monoisotopic (exact) mass is 319 g/mol. The van der Waals surface area contributed by atoms with Crippen LogP contribution in [0.4, 0.5) is 0 Å². The van der Waals surface area contributed by atoms with E-state index in [-0.39, 0.29) is 0 Å². The number of pyridine rings is 1. The van der Waals surface area contributed by atoms with Crippen molar-refractivity contribution in [2.24, 2.45) is 0 Å². The summed E-state index contributed by atoms with van der Waals surface area (Å²) < 4.78 is 0. The van der Waals surface area contributed by atoms with Crippen LogP contribution in [0.2, 0.25) is 0 Å². The summed E-state index contributed by atoms with van der Waals surface area (Å²) in [6, 6.07) is 21.6. The molecule has 2 heterocycles. The van der Waals surface area contributed by atoms with Crippen molar-refractivity contribution in [1.82, 2.24) is 15.0 Å². The normalized spacial score (nSPS) is 12.0. The first-order valence-electron chi connectivity index (χ1n) is 8.36.